The number of anilines is 1. The van der Waals surface area contributed by atoms with Crippen LogP contribution in [0.15, 0.2) is 66.0 Å². The Labute approximate surface area is 183 Å². The van der Waals surface area contributed by atoms with Gasteiger partial charge >= 0.3 is 0 Å². The highest BCUT2D eigenvalue weighted by atomic mass is 32.2. The van der Waals surface area contributed by atoms with Crippen molar-refractivity contribution < 1.29 is 14.3 Å². The first-order chi connectivity index (χ1) is 14.6. The average molecular weight is 437 g/mol. The Morgan fingerprint density at radius 2 is 1.97 bits per heavy atom. The summed E-state index contributed by atoms with van der Waals surface area (Å²) in [6, 6.07) is 19.3. The summed E-state index contributed by atoms with van der Waals surface area (Å²) in [6.07, 6.45) is 0. The number of ether oxygens (including phenoxy) is 1. The van der Waals surface area contributed by atoms with Crippen molar-refractivity contribution in [1.29, 1.82) is 0 Å². The van der Waals surface area contributed by atoms with Gasteiger partial charge in [-0.3, -0.25) is 9.59 Å². The lowest BCUT2D eigenvalue weighted by molar-refractivity contribution is -0.123. The van der Waals surface area contributed by atoms with Crippen LogP contribution in [0, 0.1) is 0 Å². The zero-order chi connectivity index (χ0) is 20.7. The summed E-state index contributed by atoms with van der Waals surface area (Å²) in [7, 11) is 1.61. The second kappa shape index (κ2) is 7.49. The molecular weight excluding hydrogens is 416 g/mol. The molecule has 1 aromatic heterocycles. The standard InChI is InChI=1S/C23H20N2O3S2/c1-28-17-9-10-19-18(14-17)23(22(27)24(19)15-16-6-3-2-4-7-16)25(11-13-30-23)21(26)20-8-5-12-29-20/h2-10,12,14H,11,13,15H2,1H3/t23-/m1/s1. The minimum Gasteiger partial charge on any atom is -0.497 e. The number of hydrogen-bond acceptors (Lipinski definition) is 5. The van der Waals surface area contributed by atoms with E-state index in [9.17, 15) is 9.59 Å². The van der Waals surface area contributed by atoms with Crippen LogP contribution in [0.3, 0.4) is 0 Å². The molecule has 3 heterocycles. The molecule has 5 nitrogen and oxygen atoms in total. The predicted octanol–water partition coefficient (Wildman–Crippen LogP) is 4.35. The van der Waals surface area contributed by atoms with Crippen LogP contribution in [0.25, 0.3) is 0 Å². The minimum atomic E-state index is -1.06. The van der Waals surface area contributed by atoms with E-state index in [1.54, 1.807) is 16.9 Å². The molecule has 30 heavy (non-hydrogen) atoms. The summed E-state index contributed by atoms with van der Waals surface area (Å²) < 4.78 is 5.46. The fraction of sp³-hybridized carbons (Fsp3) is 0.217. The number of benzene rings is 2. The van der Waals surface area contributed by atoms with Crippen molar-refractivity contribution in [3.05, 3.63) is 82.0 Å². The van der Waals surface area contributed by atoms with Crippen LogP contribution in [0.4, 0.5) is 5.69 Å². The highest BCUT2D eigenvalue weighted by molar-refractivity contribution is 8.01. The molecule has 0 N–H and O–H groups in total. The molecule has 2 amide bonds. The van der Waals surface area contributed by atoms with Gasteiger partial charge in [0.2, 0.25) is 0 Å². The molecule has 1 saturated heterocycles. The Balaban J connectivity index is 1.63. The maximum atomic E-state index is 13.9. The first-order valence-corrected chi connectivity index (χ1v) is 11.6. The Morgan fingerprint density at radius 3 is 2.70 bits per heavy atom. The zero-order valence-corrected chi connectivity index (χ0v) is 18.0. The van der Waals surface area contributed by atoms with Crippen LogP contribution in [0.1, 0.15) is 20.8 Å². The Bertz CT molecular complexity index is 1100. The minimum absolute atomic E-state index is 0.0676. The molecule has 5 rings (SSSR count). The highest BCUT2D eigenvalue weighted by Gasteiger charge is 2.59. The van der Waals surface area contributed by atoms with Gasteiger partial charge in [-0.05, 0) is 35.2 Å². The van der Waals surface area contributed by atoms with Crippen molar-refractivity contribution in [2.45, 2.75) is 11.4 Å². The molecule has 2 aliphatic rings. The van der Waals surface area contributed by atoms with Gasteiger partial charge in [0, 0.05) is 17.9 Å². The normalized spacial score (nSPS) is 20.1. The van der Waals surface area contributed by atoms with Crippen molar-refractivity contribution >= 4 is 40.6 Å². The molecule has 7 heteroatoms. The average Bonchev–Trinajstić information content (AvgIpc) is 3.51. The quantitative estimate of drug-likeness (QED) is 0.610. The number of carbonyl (C=O) groups is 2. The second-order valence-electron chi connectivity index (χ2n) is 7.19. The van der Waals surface area contributed by atoms with E-state index in [1.165, 1.54) is 23.1 Å². The number of nitrogens with zero attached hydrogens (tertiary/aromatic N) is 2. The molecule has 1 spiro atoms. The van der Waals surface area contributed by atoms with Crippen LogP contribution in [0.5, 0.6) is 5.75 Å². The van der Waals surface area contributed by atoms with Gasteiger partial charge in [0.25, 0.3) is 11.8 Å². The van der Waals surface area contributed by atoms with Gasteiger partial charge in [-0.2, -0.15) is 0 Å². The maximum absolute atomic E-state index is 13.9. The monoisotopic (exact) mass is 436 g/mol. The lowest BCUT2D eigenvalue weighted by atomic mass is 10.0. The summed E-state index contributed by atoms with van der Waals surface area (Å²) in [6.45, 7) is 0.991. The van der Waals surface area contributed by atoms with E-state index >= 15 is 0 Å². The van der Waals surface area contributed by atoms with Gasteiger partial charge in [0.1, 0.15) is 5.75 Å². The van der Waals surface area contributed by atoms with Gasteiger partial charge < -0.3 is 14.5 Å². The summed E-state index contributed by atoms with van der Waals surface area (Å²) in [5, 5.41) is 1.89. The molecular formula is C23H20N2O3S2. The number of fused-ring (bicyclic) bond motifs is 2. The summed E-state index contributed by atoms with van der Waals surface area (Å²) in [5.41, 5.74) is 2.71. The first-order valence-electron chi connectivity index (χ1n) is 9.69. The fourth-order valence-corrected chi connectivity index (χ4v) is 6.30. The molecule has 3 aromatic rings. The van der Waals surface area contributed by atoms with Gasteiger partial charge in [-0.1, -0.05) is 36.4 Å². The lowest BCUT2D eigenvalue weighted by Crippen LogP contribution is -2.50. The molecule has 0 unspecified atom stereocenters. The van der Waals surface area contributed by atoms with Crippen LogP contribution in [-0.4, -0.2) is 36.1 Å². The van der Waals surface area contributed by atoms with Crippen molar-refractivity contribution in [1.82, 2.24) is 4.90 Å². The van der Waals surface area contributed by atoms with Crippen LogP contribution in [0.2, 0.25) is 0 Å². The summed E-state index contributed by atoms with van der Waals surface area (Å²) in [5.74, 6) is 1.22. The summed E-state index contributed by atoms with van der Waals surface area (Å²) in [4.78, 5) is 30.5. The van der Waals surface area contributed by atoms with Crippen molar-refractivity contribution in [2.24, 2.45) is 0 Å². The zero-order valence-electron chi connectivity index (χ0n) is 16.4. The lowest BCUT2D eigenvalue weighted by Gasteiger charge is -2.33. The van der Waals surface area contributed by atoms with E-state index in [1.807, 2.05) is 66.0 Å². The van der Waals surface area contributed by atoms with Gasteiger partial charge in [0.15, 0.2) is 4.87 Å². The Morgan fingerprint density at radius 1 is 1.13 bits per heavy atom. The number of methoxy groups -OCH3 is 1. The molecule has 0 saturated carbocycles. The smallest absolute Gasteiger partial charge is 0.268 e. The van der Waals surface area contributed by atoms with Gasteiger partial charge in [-0.25, -0.2) is 0 Å². The Hall–Kier alpha value is -2.77. The first kappa shape index (κ1) is 19.2. The number of thioether (sulfide) groups is 1. The predicted molar refractivity (Wildman–Crippen MR) is 120 cm³/mol. The molecule has 0 aliphatic carbocycles. The molecule has 0 radical (unpaired) electrons. The molecule has 152 valence electrons. The van der Waals surface area contributed by atoms with E-state index in [0.29, 0.717) is 29.5 Å². The van der Waals surface area contributed by atoms with E-state index in [2.05, 4.69) is 0 Å². The number of carbonyl (C=O) groups excluding carboxylic acids is 2. The topological polar surface area (TPSA) is 49.9 Å². The third kappa shape index (κ3) is 2.84. The molecule has 1 fully saturated rings. The molecule has 2 aliphatic heterocycles. The van der Waals surface area contributed by atoms with Crippen LogP contribution < -0.4 is 9.64 Å². The largest absolute Gasteiger partial charge is 0.497 e. The van der Waals surface area contributed by atoms with Crippen molar-refractivity contribution in [2.75, 3.05) is 24.3 Å². The number of amides is 2. The van der Waals surface area contributed by atoms with E-state index in [4.69, 9.17) is 4.74 Å². The molecule has 2 aromatic carbocycles. The van der Waals surface area contributed by atoms with E-state index in [0.717, 1.165) is 16.8 Å². The third-order valence-corrected chi connectivity index (χ3v) is 7.84. The summed E-state index contributed by atoms with van der Waals surface area (Å²) >= 11 is 2.94. The number of thiophene rings is 1. The third-order valence-electron chi connectivity index (χ3n) is 5.56. The second-order valence-corrected chi connectivity index (χ2v) is 9.42. The number of hydrogen-bond donors (Lipinski definition) is 0. The van der Waals surface area contributed by atoms with Crippen molar-refractivity contribution in [3.63, 3.8) is 0 Å². The highest BCUT2D eigenvalue weighted by Crippen LogP contribution is 2.55. The van der Waals surface area contributed by atoms with Crippen LogP contribution >= 0.6 is 23.1 Å². The molecule has 1 atom stereocenters. The number of rotatable bonds is 4. The van der Waals surface area contributed by atoms with Gasteiger partial charge in [-0.15, -0.1) is 23.1 Å². The molecule has 0 bridgehead atoms. The van der Waals surface area contributed by atoms with E-state index < -0.39 is 4.87 Å². The van der Waals surface area contributed by atoms with Crippen LogP contribution in [-0.2, 0) is 16.2 Å². The van der Waals surface area contributed by atoms with E-state index in [-0.39, 0.29) is 11.8 Å². The van der Waals surface area contributed by atoms with Gasteiger partial charge in [0.05, 0.1) is 24.2 Å². The fourth-order valence-electron chi connectivity index (χ4n) is 4.18. The maximum Gasteiger partial charge on any atom is 0.268 e. The SMILES string of the molecule is COc1ccc2c(c1)[C@@]1(SCCN1C(=O)c1cccs1)C(=O)N2Cc1ccccc1. The Kier molecular flexibility index (Phi) is 4.79. The van der Waals surface area contributed by atoms with Crippen molar-refractivity contribution in [3.8, 4) is 5.75 Å².